The van der Waals surface area contributed by atoms with Gasteiger partial charge in [-0.1, -0.05) is 17.3 Å². The molecule has 0 fully saturated rings. The van der Waals surface area contributed by atoms with Crippen LogP contribution < -0.4 is 5.56 Å². The number of hydrogen-bond acceptors (Lipinski definition) is 5. The molecule has 0 aliphatic heterocycles. The smallest absolute Gasteiger partial charge is 0.283 e. The van der Waals surface area contributed by atoms with E-state index in [9.17, 15) is 9.59 Å². The van der Waals surface area contributed by atoms with Crippen molar-refractivity contribution in [3.05, 3.63) is 46.5 Å². The highest BCUT2D eigenvalue weighted by Gasteiger charge is 2.13. The Kier molecular flexibility index (Phi) is 3.09. The number of aryl methyl sites for hydroxylation is 1. The lowest BCUT2D eigenvalue weighted by atomic mass is 10.2. The van der Waals surface area contributed by atoms with E-state index in [0.29, 0.717) is 5.65 Å². The molecule has 0 aliphatic carbocycles. The summed E-state index contributed by atoms with van der Waals surface area (Å²) in [6.07, 6.45) is 1.35. The molecule has 0 amide bonds. The summed E-state index contributed by atoms with van der Waals surface area (Å²) in [5, 5.41) is 7.89. The number of hydrogen-bond donors (Lipinski definition) is 0. The maximum atomic E-state index is 12.2. The van der Waals surface area contributed by atoms with Gasteiger partial charge in [-0.3, -0.25) is 14.2 Å². The van der Waals surface area contributed by atoms with Crippen LogP contribution in [0.15, 0.2) is 35.4 Å². The molecule has 0 saturated carbocycles. The van der Waals surface area contributed by atoms with Gasteiger partial charge in [0.2, 0.25) is 0 Å². The fraction of sp³-hybridized carbons (Fsp3) is 0.214. The van der Waals surface area contributed by atoms with Crippen LogP contribution in [-0.2, 0) is 11.3 Å². The molecule has 0 spiro atoms. The highest BCUT2D eigenvalue weighted by atomic mass is 16.1. The van der Waals surface area contributed by atoms with E-state index in [4.69, 9.17) is 0 Å². The maximum Gasteiger partial charge on any atom is 0.283 e. The van der Waals surface area contributed by atoms with E-state index in [2.05, 4.69) is 15.3 Å². The van der Waals surface area contributed by atoms with Gasteiger partial charge >= 0.3 is 0 Å². The third kappa shape index (κ3) is 2.33. The average Bonchev–Trinajstić information content (AvgIpc) is 2.86. The summed E-state index contributed by atoms with van der Waals surface area (Å²) >= 11 is 0. The molecule has 7 nitrogen and oxygen atoms in total. The van der Waals surface area contributed by atoms with Crippen molar-refractivity contribution in [3.63, 3.8) is 0 Å². The normalized spacial score (nSPS) is 11.0. The Morgan fingerprint density at radius 2 is 2.14 bits per heavy atom. The summed E-state index contributed by atoms with van der Waals surface area (Å²) in [6, 6.07) is 7.66. The summed E-state index contributed by atoms with van der Waals surface area (Å²) in [7, 11) is 0. The molecule has 0 aliphatic rings. The van der Waals surface area contributed by atoms with Gasteiger partial charge in [0.25, 0.3) is 5.56 Å². The van der Waals surface area contributed by atoms with Gasteiger partial charge in [-0.05, 0) is 31.5 Å². The number of ketones is 1. The summed E-state index contributed by atoms with van der Waals surface area (Å²) in [5.74, 6) is -0.121. The molecule has 3 rings (SSSR count). The fourth-order valence-electron chi connectivity index (χ4n) is 2.13. The molecule has 106 valence electrons. The first-order valence-corrected chi connectivity index (χ1v) is 6.43. The molecular formula is C14H13N5O2. The van der Waals surface area contributed by atoms with E-state index in [1.165, 1.54) is 22.5 Å². The predicted octanol–water partition coefficient (Wildman–Crippen LogP) is 0.875. The summed E-state index contributed by atoms with van der Waals surface area (Å²) < 4.78 is 2.75. The monoisotopic (exact) mass is 283 g/mol. The minimum absolute atomic E-state index is 0.0148. The Balaban J connectivity index is 2.18. The second-order valence-corrected chi connectivity index (χ2v) is 4.89. The molecule has 2 heterocycles. The van der Waals surface area contributed by atoms with Crippen LogP contribution in [0.3, 0.4) is 0 Å². The van der Waals surface area contributed by atoms with E-state index in [1.54, 1.807) is 0 Å². The lowest BCUT2D eigenvalue weighted by Gasteiger charge is -2.04. The van der Waals surface area contributed by atoms with Crippen molar-refractivity contribution in [2.24, 2.45) is 0 Å². The van der Waals surface area contributed by atoms with Crippen LogP contribution in [-0.4, -0.2) is 30.3 Å². The summed E-state index contributed by atoms with van der Waals surface area (Å²) in [4.78, 5) is 27.6. The average molecular weight is 283 g/mol. The Morgan fingerprint density at radius 3 is 2.86 bits per heavy atom. The van der Waals surface area contributed by atoms with Gasteiger partial charge in [-0.15, -0.1) is 5.10 Å². The standard InChI is InChI=1S/C14H13N5O2/c1-9-4-3-5-11(6-9)19-13-12(16-17-19)14(21)18(8-15-13)7-10(2)20/h3-6,8H,7H2,1-2H3. The number of Topliss-reactive ketones (excluding diaryl/α,β-unsaturated/α-hetero) is 1. The Bertz CT molecular complexity index is 894. The van der Waals surface area contributed by atoms with Crippen molar-refractivity contribution >= 4 is 16.9 Å². The van der Waals surface area contributed by atoms with Gasteiger partial charge in [-0.25, -0.2) is 4.98 Å². The van der Waals surface area contributed by atoms with E-state index in [0.717, 1.165) is 11.3 Å². The molecule has 0 radical (unpaired) electrons. The third-order valence-corrected chi connectivity index (χ3v) is 3.07. The van der Waals surface area contributed by atoms with Crippen LogP contribution in [0.1, 0.15) is 12.5 Å². The molecule has 3 aromatic rings. The summed E-state index contributed by atoms with van der Waals surface area (Å²) in [6.45, 7) is 3.37. The van der Waals surface area contributed by atoms with E-state index in [1.807, 2.05) is 31.2 Å². The zero-order valence-corrected chi connectivity index (χ0v) is 11.6. The van der Waals surface area contributed by atoms with Gasteiger partial charge in [0.15, 0.2) is 11.2 Å². The molecular weight excluding hydrogens is 270 g/mol. The first-order chi connectivity index (χ1) is 10.1. The molecule has 0 saturated heterocycles. The van der Waals surface area contributed by atoms with Crippen LogP contribution in [0.4, 0.5) is 0 Å². The van der Waals surface area contributed by atoms with E-state index >= 15 is 0 Å². The van der Waals surface area contributed by atoms with Crippen LogP contribution in [0.2, 0.25) is 0 Å². The highest BCUT2D eigenvalue weighted by molar-refractivity contribution is 5.76. The minimum atomic E-state index is -0.367. The van der Waals surface area contributed by atoms with Crippen molar-refractivity contribution in [1.82, 2.24) is 24.5 Å². The predicted molar refractivity (Wildman–Crippen MR) is 76.3 cm³/mol. The number of nitrogens with zero attached hydrogens (tertiary/aromatic N) is 5. The lowest BCUT2D eigenvalue weighted by molar-refractivity contribution is -0.117. The van der Waals surface area contributed by atoms with Crippen molar-refractivity contribution in [3.8, 4) is 5.69 Å². The second kappa shape index (κ2) is 4.93. The molecule has 0 unspecified atom stereocenters. The Labute approximate surface area is 119 Å². The molecule has 21 heavy (non-hydrogen) atoms. The Morgan fingerprint density at radius 1 is 1.33 bits per heavy atom. The number of carbonyl (C=O) groups is 1. The van der Waals surface area contributed by atoms with Crippen LogP contribution >= 0.6 is 0 Å². The van der Waals surface area contributed by atoms with Gasteiger partial charge in [0.1, 0.15) is 12.1 Å². The van der Waals surface area contributed by atoms with Gasteiger partial charge < -0.3 is 0 Å². The van der Waals surface area contributed by atoms with Crippen molar-refractivity contribution in [2.45, 2.75) is 20.4 Å². The van der Waals surface area contributed by atoms with E-state index in [-0.39, 0.29) is 23.4 Å². The second-order valence-electron chi connectivity index (χ2n) is 4.89. The van der Waals surface area contributed by atoms with Crippen molar-refractivity contribution < 1.29 is 4.79 Å². The van der Waals surface area contributed by atoms with E-state index < -0.39 is 0 Å². The fourth-order valence-corrected chi connectivity index (χ4v) is 2.13. The van der Waals surface area contributed by atoms with Gasteiger partial charge in [0, 0.05) is 0 Å². The van der Waals surface area contributed by atoms with Gasteiger partial charge in [0.05, 0.1) is 12.2 Å². The van der Waals surface area contributed by atoms with Crippen LogP contribution in [0, 0.1) is 6.92 Å². The topological polar surface area (TPSA) is 82.7 Å². The molecule has 0 bridgehead atoms. The van der Waals surface area contributed by atoms with Gasteiger partial charge in [-0.2, -0.15) is 4.68 Å². The van der Waals surface area contributed by atoms with Crippen LogP contribution in [0.25, 0.3) is 16.9 Å². The third-order valence-electron chi connectivity index (χ3n) is 3.07. The molecule has 1 aromatic carbocycles. The maximum absolute atomic E-state index is 12.2. The number of aromatic nitrogens is 5. The number of fused-ring (bicyclic) bond motifs is 1. The zero-order chi connectivity index (χ0) is 15.0. The number of benzene rings is 1. The molecule has 0 atom stereocenters. The van der Waals surface area contributed by atoms with Crippen LogP contribution in [0.5, 0.6) is 0 Å². The quantitative estimate of drug-likeness (QED) is 0.712. The largest absolute Gasteiger partial charge is 0.298 e. The zero-order valence-electron chi connectivity index (χ0n) is 11.6. The van der Waals surface area contributed by atoms with Crippen molar-refractivity contribution in [2.75, 3.05) is 0 Å². The molecule has 0 N–H and O–H groups in total. The first kappa shape index (κ1) is 13.2. The number of rotatable bonds is 3. The lowest BCUT2D eigenvalue weighted by Crippen LogP contribution is -2.23. The van der Waals surface area contributed by atoms with Crippen molar-refractivity contribution in [1.29, 1.82) is 0 Å². The molecule has 7 heteroatoms. The SMILES string of the molecule is CC(=O)Cn1cnc2c(nnn2-c2cccc(C)c2)c1=O. The Hall–Kier alpha value is -2.83. The molecule has 2 aromatic heterocycles. The first-order valence-electron chi connectivity index (χ1n) is 6.43. The number of carbonyl (C=O) groups excluding carboxylic acids is 1. The minimum Gasteiger partial charge on any atom is -0.298 e. The summed E-state index contributed by atoms with van der Waals surface area (Å²) in [5.41, 5.74) is 2.02. The highest BCUT2D eigenvalue weighted by Crippen LogP contribution is 2.13.